The maximum Gasteiger partial charge on any atom is 0.514 e. The van der Waals surface area contributed by atoms with E-state index in [-0.39, 0.29) is 0 Å². The van der Waals surface area contributed by atoms with Crippen LogP contribution in [0.3, 0.4) is 0 Å². The van der Waals surface area contributed by atoms with Crippen LogP contribution in [0, 0.1) is 6.61 Å². The molecule has 0 saturated carbocycles. The molecule has 2 aromatic rings. The van der Waals surface area contributed by atoms with Crippen molar-refractivity contribution in [1.82, 2.24) is 0 Å². The predicted molar refractivity (Wildman–Crippen MR) is 63.4 cm³/mol. The van der Waals surface area contributed by atoms with Gasteiger partial charge < -0.3 is 9.47 Å². The lowest BCUT2D eigenvalue weighted by atomic mass is 10.2. The molecule has 0 heterocycles. The number of hydrogen-bond donors (Lipinski definition) is 0. The number of rotatable bonds is 3. The Morgan fingerprint density at radius 1 is 0.882 bits per heavy atom. The normalized spacial score (nSPS) is 9.65. The Kier molecular flexibility index (Phi) is 3.76. The molecule has 3 nitrogen and oxygen atoms in total. The highest BCUT2D eigenvalue weighted by Gasteiger charge is 2.06. The van der Waals surface area contributed by atoms with Crippen LogP contribution in [0.4, 0.5) is 4.79 Å². The van der Waals surface area contributed by atoms with Crippen molar-refractivity contribution in [3.63, 3.8) is 0 Å². The van der Waals surface area contributed by atoms with Gasteiger partial charge in [-0.2, -0.15) is 0 Å². The number of carbonyl (C=O) groups excluding carboxylic acids is 1. The van der Waals surface area contributed by atoms with Crippen molar-refractivity contribution in [1.29, 1.82) is 0 Å². The van der Waals surface area contributed by atoms with E-state index in [0.29, 0.717) is 5.75 Å². The molecule has 0 spiro atoms. The van der Waals surface area contributed by atoms with Crippen molar-refractivity contribution < 1.29 is 14.3 Å². The number of hydrogen-bond acceptors (Lipinski definition) is 3. The first-order valence-electron chi connectivity index (χ1n) is 5.16. The molecule has 1 radical (unpaired) electrons. The Balaban J connectivity index is 1.83. The van der Waals surface area contributed by atoms with E-state index >= 15 is 0 Å². The SMILES string of the molecule is O=C(O[CH]c1ccccc1)Oc1ccccc1. The van der Waals surface area contributed by atoms with Crippen molar-refractivity contribution in [2.24, 2.45) is 0 Å². The zero-order valence-corrected chi connectivity index (χ0v) is 9.08. The maximum atomic E-state index is 11.3. The minimum absolute atomic E-state index is 0.457. The van der Waals surface area contributed by atoms with Gasteiger partial charge in [0.25, 0.3) is 0 Å². The van der Waals surface area contributed by atoms with Crippen molar-refractivity contribution >= 4 is 6.16 Å². The minimum Gasteiger partial charge on any atom is -0.421 e. The lowest BCUT2D eigenvalue weighted by Gasteiger charge is -2.04. The fourth-order valence-electron chi connectivity index (χ4n) is 1.26. The smallest absolute Gasteiger partial charge is 0.421 e. The third kappa shape index (κ3) is 3.65. The zero-order chi connectivity index (χ0) is 11.9. The largest absolute Gasteiger partial charge is 0.514 e. The van der Waals surface area contributed by atoms with Gasteiger partial charge in [-0.25, -0.2) is 4.79 Å². The van der Waals surface area contributed by atoms with Gasteiger partial charge in [-0.3, -0.25) is 0 Å². The molecule has 3 heteroatoms. The predicted octanol–water partition coefficient (Wildman–Crippen LogP) is 3.41. The van der Waals surface area contributed by atoms with Crippen LogP contribution in [0.25, 0.3) is 0 Å². The molecule has 0 fully saturated rings. The fraction of sp³-hybridized carbons (Fsp3) is 0. The molecular weight excluding hydrogens is 216 g/mol. The molecule has 0 aliphatic rings. The van der Waals surface area contributed by atoms with Crippen LogP contribution >= 0.6 is 0 Å². The summed E-state index contributed by atoms with van der Waals surface area (Å²) in [6.07, 6.45) is -0.750. The van der Waals surface area contributed by atoms with Crippen molar-refractivity contribution in [3.05, 3.63) is 72.8 Å². The monoisotopic (exact) mass is 227 g/mol. The van der Waals surface area contributed by atoms with E-state index in [1.807, 2.05) is 36.4 Å². The van der Waals surface area contributed by atoms with Crippen LogP contribution in [-0.2, 0) is 4.74 Å². The van der Waals surface area contributed by atoms with Crippen LogP contribution < -0.4 is 4.74 Å². The minimum atomic E-state index is -0.750. The Morgan fingerprint density at radius 2 is 1.47 bits per heavy atom. The van der Waals surface area contributed by atoms with Gasteiger partial charge in [0.15, 0.2) is 6.61 Å². The molecule has 17 heavy (non-hydrogen) atoms. The molecule has 0 amide bonds. The Bertz CT molecular complexity index is 465. The van der Waals surface area contributed by atoms with E-state index in [4.69, 9.17) is 9.47 Å². The second-order valence-electron chi connectivity index (χ2n) is 3.31. The molecule has 0 N–H and O–H groups in total. The summed E-state index contributed by atoms with van der Waals surface area (Å²) in [7, 11) is 0. The second kappa shape index (κ2) is 5.70. The molecule has 85 valence electrons. The molecule has 0 atom stereocenters. The Morgan fingerprint density at radius 3 is 2.12 bits per heavy atom. The molecular formula is C14H11O3. The molecule has 2 rings (SSSR count). The summed E-state index contributed by atoms with van der Waals surface area (Å²) in [5, 5.41) is 0. The van der Waals surface area contributed by atoms with E-state index < -0.39 is 6.16 Å². The summed E-state index contributed by atoms with van der Waals surface area (Å²) < 4.78 is 9.79. The molecule has 0 bridgehead atoms. The maximum absolute atomic E-state index is 11.3. The highest BCUT2D eigenvalue weighted by Crippen LogP contribution is 2.10. The van der Waals surface area contributed by atoms with E-state index in [0.717, 1.165) is 5.56 Å². The third-order valence-electron chi connectivity index (χ3n) is 2.04. The molecule has 0 aliphatic carbocycles. The first-order valence-corrected chi connectivity index (χ1v) is 5.16. The van der Waals surface area contributed by atoms with Gasteiger partial charge in [0.05, 0.1) is 0 Å². The topological polar surface area (TPSA) is 35.5 Å². The Labute approximate surface area is 99.6 Å². The molecule has 0 aromatic heterocycles. The zero-order valence-electron chi connectivity index (χ0n) is 9.08. The van der Waals surface area contributed by atoms with Gasteiger partial charge in [0, 0.05) is 0 Å². The average Bonchev–Trinajstić information content (AvgIpc) is 2.39. The molecule has 0 aliphatic heterocycles. The number of benzene rings is 2. The summed E-state index contributed by atoms with van der Waals surface area (Å²) in [5.41, 5.74) is 0.803. The van der Waals surface area contributed by atoms with Crippen LogP contribution in [0.1, 0.15) is 5.56 Å². The number of carbonyl (C=O) groups is 1. The van der Waals surface area contributed by atoms with Crippen LogP contribution in [0.2, 0.25) is 0 Å². The van der Waals surface area contributed by atoms with Gasteiger partial charge in [0.2, 0.25) is 0 Å². The van der Waals surface area contributed by atoms with Crippen molar-refractivity contribution in [3.8, 4) is 5.75 Å². The van der Waals surface area contributed by atoms with Gasteiger partial charge in [-0.15, -0.1) is 0 Å². The summed E-state index contributed by atoms with van der Waals surface area (Å²) >= 11 is 0. The highest BCUT2D eigenvalue weighted by molar-refractivity contribution is 5.64. The average molecular weight is 227 g/mol. The first kappa shape index (κ1) is 11.2. The van der Waals surface area contributed by atoms with Gasteiger partial charge in [0.1, 0.15) is 5.75 Å². The first-order chi connectivity index (χ1) is 8.34. The summed E-state index contributed by atoms with van der Waals surface area (Å²) in [6.45, 7) is 1.35. The highest BCUT2D eigenvalue weighted by atomic mass is 16.7. The summed E-state index contributed by atoms with van der Waals surface area (Å²) in [4.78, 5) is 11.3. The van der Waals surface area contributed by atoms with Crippen molar-refractivity contribution in [2.75, 3.05) is 0 Å². The van der Waals surface area contributed by atoms with Crippen LogP contribution in [0.15, 0.2) is 60.7 Å². The quantitative estimate of drug-likeness (QED) is 0.595. The lowest BCUT2D eigenvalue weighted by molar-refractivity contribution is 0.126. The third-order valence-corrected chi connectivity index (χ3v) is 2.04. The lowest BCUT2D eigenvalue weighted by Crippen LogP contribution is -2.09. The van der Waals surface area contributed by atoms with Crippen molar-refractivity contribution in [2.45, 2.75) is 0 Å². The second-order valence-corrected chi connectivity index (χ2v) is 3.31. The summed E-state index contributed by atoms with van der Waals surface area (Å²) in [6, 6.07) is 18.0. The van der Waals surface area contributed by atoms with E-state index in [9.17, 15) is 4.79 Å². The standard InChI is InChI=1S/C14H11O3/c15-14(17-13-9-5-2-6-10-13)16-11-12-7-3-1-4-8-12/h1-11H. The fourth-order valence-corrected chi connectivity index (χ4v) is 1.26. The van der Waals surface area contributed by atoms with Gasteiger partial charge in [-0.1, -0.05) is 48.5 Å². The molecule has 0 unspecified atom stereocenters. The number of ether oxygens (including phenoxy) is 2. The van der Waals surface area contributed by atoms with Crippen LogP contribution in [-0.4, -0.2) is 6.16 Å². The van der Waals surface area contributed by atoms with Gasteiger partial charge >= 0.3 is 6.16 Å². The van der Waals surface area contributed by atoms with Crippen LogP contribution in [0.5, 0.6) is 5.75 Å². The molecule has 0 saturated heterocycles. The van der Waals surface area contributed by atoms with E-state index in [1.165, 1.54) is 6.61 Å². The van der Waals surface area contributed by atoms with E-state index in [1.54, 1.807) is 24.3 Å². The number of para-hydroxylation sites is 1. The Hall–Kier alpha value is -2.29. The summed E-state index contributed by atoms with van der Waals surface area (Å²) in [5.74, 6) is 0.457. The van der Waals surface area contributed by atoms with Gasteiger partial charge in [-0.05, 0) is 17.7 Å². The van der Waals surface area contributed by atoms with E-state index in [2.05, 4.69) is 0 Å². The molecule has 2 aromatic carbocycles.